The van der Waals surface area contributed by atoms with Crippen molar-refractivity contribution in [2.75, 3.05) is 106 Å². The summed E-state index contributed by atoms with van der Waals surface area (Å²) in [7, 11) is 0. The van der Waals surface area contributed by atoms with Crippen LogP contribution in [0.15, 0.2) is 0 Å². The van der Waals surface area contributed by atoms with E-state index < -0.39 is 0 Å². The van der Waals surface area contributed by atoms with E-state index in [0.717, 1.165) is 12.8 Å². The molecule has 198 valence electrons. The van der Waals surface area contributed by atoms with Crippen LogP contribution < -0.4 is 0 Å². The lowest BCUT2D eigenvalue weighted by molar-refractivity contribution is -0.142. The molecule has 1 atom stereocenters. The van der Waals surface area contributed by atoms with E-state index in [2.05, 4.69) is 13.8 Å². The van der Waals surface area contributed by atoms with Gasteiger partial charge in [0.2, 0.25) is 0 Å². The first-order chi connectivity index (χ1) is 16.2. The molecule has 0 aliphatic rings. The van der Waals surface area contributed by atoms with E-state index in [9.17, 15) is 4.79 Å². The van der Waals surface area contributed by atoms with E-state index in [-0.39, 0.29) is 12.6 Å². The molecule has 0 rings (SSSR count). The van der Waals surface area contributed by atoms with Gasteiger partial charge in [0, 0.05) is 6.92 Å². The fraction of sp³-hybridized carbons (Fsp3) is 0.957. The van der Waals surface area contributed by atoms with Crippen molar-refractivity contribution in [2.45, 2.75) is 39.7 Å². The first-order valence-corrected chi connectivity index (χ1v) is 12.0. The number of carbonyl (C=O) groups excluding carboxylic acids is 1. The summed E-state index contributed by atoms with van der Waals surface area (Å²) in [5.74, 6) is -0.305. The lowest BCUT2D eigenvalue weighted by Gasteiger charge is -2.12. The van der Waals surface area contributed by atoms with E-state index in [1.54, 1.807) is 0 Å². The molecule has 0 N–H and O–H groups in total. The Kier molecular flexibility index (Phi) is 26.7. The Morgan fingerprint density at radius 3 is 1.15 bits per heavy atom. The van der Waals surface area contributed by atoms with Crippen LogP contribution in [0, 0.1) is 0 Å². The largest absolute Gasteiger partial charge is 0.463 e. The third kappa shape index (κ3) is 29.1. The average Bonchev–Trinajstić information content (AvgIpc) is 2.79. The topological polar surface area (TPSA) is 100 Å². The Bertz CT molecular complexity index is 397. The zero-order chi connectivity index (χ0) is 24.2. The van der Waals surface area contributed by atoms with E-state index in [0.29, 0.717) is 105 Å². The van der Waals surface area contributed by atoms with Gasteiger partial charge in [-0.25, -0.2) is 0 Å². The summed E-state index contributed by atoms with van der Waals surface area (Å²) < 4.78 is 48.1. The normalized spacial score (nSPS) is 12.2. The van der Waals surface area contributed by atoms with Gasteiger partial charge in [-0.1, -0.05) is 13.3 Å². The number of carbonyl (C=O) groups is 1. The molecule has 0 saturated heterocycles. The summed E-state index contributed by atoms with van der Waals surface area (Å²) >= 11 is 0. The molecule has 0 aromatic heterocycles. The third-order valence-corrected chi connectivity index (χ3v) is 4.09. The smallest absolute Gasteiger partial charge is 0.302 e. The maximum absolute atomic E-state index is 10.5. The van der Waals surface area contributed by atoms with Gasteiger partial charge in [0.25, 0.3) is 0 Å². The molecule has 0 saturated carbocycles. The number of rotatable bonds is 27. The van der Waals surface area contributed by atoms with E-state index >= 15 is 0 Å². The van der Waals surface area contributed by atoms with Crippen LogP contribution in [-0.4, -0.2) is 118 Å². The van der Waals surface area contributed by atoms with Gasteiger partial charge >= 0.3 is 5.97 Å². The molecule has 0 bridgehead atoms. The SMILES string of the molecule is CCCC(C)OCCOCCOCCOCCOCCOCCOCCOCCOC(C)=O. The van der Waals surface area contributed by atoms with Crippen LogP contribution in [0.25, 0.3) is 0 Å². The monoisotopic (exact) mass is 482 g/mol. The summed E-state index contributed by atoms with van der Waals surface area (Å²) in [5, 5.41) is 0. The number of hydrogen-bond acceptors (Lipinski definition) is 10. The highest BCUT2D eigenvalue weighted by atomic mass is 16.6. The summed E-state index contributed by atoms with van der Waals surface area (Å²) in [6.45, 7) is 13.6. The summed E-state index contributed by atoms with van der Waals surface area (Å²) in [4.78, 5) is 10.5. The second kappa shape index (κ2) is 27.4. The molecule has 0 aliphatic heterocycles. The van der Waals surface area contributed by atoms with Crippen LogP contribution >= 0.6 is 0 Å². The highest BCUT2D eigenvalue weighted by molar-refractivity contribution is 5.65. The van der Waals surface area contributed by atoms with Gasteiger partial charge in [0.05, 0.1) is 105 Å². The Labute approximate surface area is 199 Å². The summed E-state index contributed by atoms with van der Waals surface area (Å²) in [5.41, 5.74) is 0. The van der Waals surface area contributed by atoms with E-state index in [1.165, 1.54) is 6.92 Å². The van der Waals surface area contributed by atoms with Crippen molar-refractivity contribution in [3.8, 4) is 0 Å². The molecule has 33 heavy (non-hydrogen) atoms. The third-order valence-electron chi connectivity index (χ3n) is 4.09. The number of hydrogen-bond donors (Lipinski definition) is 0. The molecular formula is C23H46O10. The highest BCUT2D eigenvalue weighted by Gasteiger charge is 2.00. The van der Waals surface area contributed by atoms with Gasteiger partial charge in [-0.3, -0.25) is 4.79 Å². The van der Waals surface area contributed by atoms with Crippen molar-refractivity contribution in [1.82, 2.24) is 0 Å². The van der Waals surface area contributed by atoms with Gasteiger partial charge < -0.3 is 42.6 Å². The molecule has 0 heterocycles. The lowest BCUT2D eigenvalue weighted by Crippen LogP contribution is -2.16. The van der Waals surface area contributed by atoms with Crippen LogP contribution in [0.3, 0.4) is 0 Å². The minimum atomic E-state index is -0.305. The zero-order valence-electron chi connectivity index (χ0n) is 20.9. The predicted octanol–water partition coefficient (Wildman–Crippen LogP) is 1.87. The number of esters is 1. The van der Waals surface area contributed by atoms with Crippen LogP contribution in [0.5, 0.6) is 0 Å². The van der Waals surface area contributed by atoms with Gasteiger partial charge in [-0.2, -0.15) is 0 Å². The summed E-state index contributed by atoms with van der Waals surface area (Å²) in [6, 6.07) is 0. The second-order valence-electron chi connectivity index (χ2n) is 7.10. The van der Waals surface area contributed by atoms with E-state index in [1.807, 2.05) is 0 Å². The minimum Gasteiger partial charge on any atom is -0.463 e. The van der Waals surface area contributed by atoms with Crippen molar-refractivity contribution in [2.24, 2.45) is 0 Å². The molecule has 0 spiro atoms. The molecule has 0 fully saturated rings. The summed E-state index contributed by atoms with van der Waals surface area (Å²) in [6.07, 6.45) is 2.51. The minimum absolute atomic E-state index is 0.266. The molecule has 0 radical (unpaired) electrons. The molecule has 0 amide bonds. The van der Waals surface area contributed by atoms with Crippen LogP contribution in [0.4, 0.5) is 0 Å². The van der Waals surface area contributed by atoms with Crippen molar-refractivity contribution >= 4 is 5.97 Å². The van der Waals surface area contributed by atoms with Gasteiger partial charge in [0.15, 0.2) is 0 Å². The fourth-order valence-corrected chi connectivity index (χ4v) is 2.46. The van der Waals surface area contributed by atoms with Gasteiger partial charge in [-0.05, 0) is 13.3 Å². The average molecular weight is 483 g/mol. The van der Waals surface area contributed by atoms with Crippen molar-refractivity contribution in [1.29, 1.82) is 0 Å². The first kappa shape index (κ1) is 32.1. The van der Waals surface area contributed by atoms with Crippen molar-refractivity contribution in [3.63, 3.8) is 0 Å². The Morgan fingerprint density at radius 2 is 0.848 bits per heavy atom. The zero-order valence-corrected chi connectivity index (χ0v) is 20.9. The van der Waals surface area contributed by atoms with Crippen molar-refractivity contribution < 1.29 is 47.4 Å². The maximum atomic E-state index is 10.5. The molecule has 10 heteroatoms. The Morgan fingerprint density at radius 1 is 0.545 bits per heavy atom. The molecule has 0 aromatic carbocycles. The Hall–Kier alpha value is -0.850. The molecular weight excluding hydrogens is 436 g/mol. The number of ether oxygens (including phenoxy) is 9. The standard InChI is InChI=1S/C23H46O10/c1-4-5-22(2)32-20-18-30-16-14-28-12-10-26-8-6-25-7-9-27-11-13-29-15-17-31-19-21-33-23(3)24/h22H,4-21H2,1-3H3. The predicted molar refractivity (Wildman–Crippen MR) is 123 cm³/mol. The lowest BCUT2D eigenvalue weighted by atomic mass is 10.2. The molecule has 1 unspecified atom stereocenters. The van der Waals surface area contributed by atoms with Gasteiger partial charge in [-0.15, -0.1) is 0 Å². The molecule has 0 aliphatic carbocycles. The molecule has 10 nitrogen and oxygen atoms in total. The quantitative estimate of drug-likeness (QED) is 0.127. The van der Waals surface area contributed by atoms with Gasteiger partial charge in [0.1, 0.15) is 6.61 Å². The highest BCUT2D eigenvalue weighted by Crippen LogP contribution is 1.99. The molecule has 0 aromatic rings. The van der Waals surface area contributed by atoms with Crippen LogP contribution in [-0.2, 0) is 47.4 Å². The van der Waals surface area contributed by atoms with E-state index in [4.69, 9.17) is 42.6 Å². The van der Waals surface area contributed by atoms with Crippen molar-refractivity contribution in [3.05, 3.63) is 0 Å². The Balaban J connectivity index is 3.04. The van der Waals surface area contributed by atoms with Crippen LogP contribution in [0.1, 0.15) is 33.6 Å². The second-order valence-corrected chi connectivity index (χ2v) is 7.10. The van der Waals surface area contributed by atoms with Crippen LogP contribution in [0.2, 0.25) is 0 Å². The maximum Gasteiger partial charge on any atom is 0.302 e. The first-order valence-electron chi connectivity index (χ1n) is 12.0. The fourth-order valence-electron chi connectivity index (χ4n) is 2.46.